The molecule has 0 aromatic rings. The second-order valence-corrected chi connectivity index (χ2v) is 2.99. The van der Waals surface area contributed by atoms with Gasteiger partial charge in [-0.2, -0.15) is 0 Å². The number of allylic oxidation sites excluding steroid dienone is 3. The van der Waals surface area contributed by atoms with Crippen LogP contribution in [0.2, 0.25) is 0 Å². The Morgan fingerprint density at radius 1 is 1.57 bits per heavy atom. The Labute approximate surface area is 84.4 Å². The fourth-order valence-corrected chi connectivity index (χ4v) is 0.995. The standard InChI is InChI=1S/C11H15O3/c1-2-3-9-13-11(12)14-10-7-5-4-6-8-10/h4-5,7-8H,2-3,6,9H2,1H3. The minimum Gasteiger partial charge on any atom is -0.434 e. The van der Waals surface area contributed by atoms with Gasteiger partial charge in [0.05, 0.1) is 6.61 Å². The summed E-state index contributed by atoms with van der Waals surface area (Å²) >= 11 is 0. The maximum atomic E-state index is 11.1. The lowest BCUT2D eigenvalue weighted by Gasteiger charge is -2.07. The Morgan fingerprint density at radius 3 is 3.07 bits per heavy atom. The van der Waals surface area contributed by atoms with E-state index >= 15 is 0 Å². The first-order valence-electron chi connectivity index (χ1n) is 4.87. The summed E-state index contributed by atoms with van der Waals surface area (Å²) in [4.78, 5) is 11.1. The Balaban J connectivity index is 2.19. The Morgan fingerprint density at radius 2 is 2.43 bits per heavy atom. The van der Waals surface area contributed by atoms with Crippen molar-refractivity contribution in [1.82, 2.24) is 0 Å². The van der Waals surface area contributed by atoms with Crippen LogP contribution in [-0.2, 0) is 9.47 Å². The highest BCUT2D eigenvalue weighted by molar-refractivity contribution is 5.62. The van der Waals surface area contributed by atoms with Crippen LogP contribution < -0.4 is 0 Å². The van der Waals surface area contributed by atoms with Crippen LogP contribution in [0.1, 0.15) is 26.2 Å². The lowest BCUT2D eigenvalue weighted by Crippen LogP contribution is -2.08. The van der Waals surface area contributed by atoms with Crippen molar-refractivity contribution in [2.24, 2.45) is 0 Å². The zero-order valence-electron chi connectivity index (χ0n) is 8.36. The molecule has 14 heavy (non-hydrogen) atoms. The number of ether oxygens (including phenoxy) is 2. The minimum absolute atomic E-state index is 0.429. The molecule has 77 valence electrons. The van der Waals surface area contributed by atoms with Crippen molar-refractivity contribution in [3.05, 3.63) is 30.4 Å². The third-order valence-electron chi connectivity index (χ3n) is 1.77. The highest BCUT2D eigenvalue weighted by atomic mass is 16.7. The van der Waals surface area contributed by atoms with Crippen LogP contribution in [0, 0.1) is 6.42 Å². The monoisotopic (exact) mass is 195 g/mol. The van der Waals surface area contributed by atoms with Crippen LogP contribution in [0.15, 0.2) is 24.0 Å². The van der Waals surface area contributed by atoms with Crippen molar-refractivity contribution in [3.63, 3.8) is 0 Å². The first-order chi connectivity index (χ1) is 6.83. The van der Waals surface area contributed by atoms with Crippen LogP contribution in [0.5, 0.6) is 0 Å². The predicted molar refractivity (Wildman–Crippen MR) is 53.5 cm³/mol. The molecular weight excluding hydrogens is 180 g/mol. The topological polar surface area (TPSA) is 35.5 Å². The van der Waals surface area contributed by atoms with E-state index in [0.29, 0.717) is 12.4 Å². The summed E-state index contributed by atoms with van der Waals surface area (Å²) in [7, 11) is 0. The van der Waals surface area contributed by atoms with Gasteiger partial charge < -0.3 is 9.47 Å². The molecular formula is C11H15O3. The maximum absolute atomic E-state index is 11.1. The van der Waals surface area contributed by atoms with Gasteiger partial charge in [-0.3, -0.25) is 0 Å². The summed E-state index contributed by atoms with van der Waals surface area (Å²) in [6.45, 7) is 2.47. The molecule has 0 heterocycles. The lowest BCUT2D eigenvalue weighted by atomic mass is 10.2. The molecule has 0 aliphatic heterocycles. The number of unbranched alkanes of at least 4 members (excludes halogenated alkanes) is 1. The summed E-state index contributed by atoms with van der Waals surface area (Å²) in [5, 5.41) is 0. The molecule has 0 saturated carbocycles. The van der Waals surface area contributed by atoms with Crippen molar-refractivity contribution in [2.75, 3.05) is 6.61 Å². The van der Waals surface area contributed by atoms with Gasteiger partial charge in [0.25, 0.3) is 0 Å². The van der Waals surface area contributed by atoms with E-state index in [1.807, 2.05) is 25.5 Å². The van der Waals surface area contributed by atoms with Gasteiger partial charge in [0.1, 0.15) is 5.76 Å². The van der Waals surface area contributed by atoms with E-state index in [4.69, 9.17) is 9.47 Å². The molecule has 0 N–H and O–H groups in total. The largest absolute Gasteiger partial charge is 0.513 e. The van der Waals surface area contributed by atoms with Gasteiger partial charge >= 0.3 is 6.16 Å². The number of hydrogen-bond donors (Lipinski definition) is 0. The van der Waals surface area contributed by atoms with Crippen LogP contribution in [0.25, 0.3) is 0 Å². The zero-order chi connectivity index (χ0) is 10.2. The number of rotatable bonds is 4. The van der Waals surface area contributed by atoms with Gasteiger partial charge in [-0.05, 0) is 31.4 Å². The third kappa shape index (κ3) is 4.12. The highest BCUT2D eigenvalue weighted by Gasteiger charge is 2.07. The maximum Gasteiger partial charge on any atom is 0.513 e. The van der Waals surface area contributed by atoms with E-state index in [9.17, 15) is 4.79 Å². The SMILES string of the molecule is CCCCOC(=O)OC1=CC[CH]C=C1. The summed E-state index contributed by atoms with van der Waals surface area (Å²) in [6.07, 6.45) is 9.47. The third-order valence-corrected chi connectivity index (χ3v) is 1.77. The molecule has 0 atom stereocenters. The van der Waals surface area contributed by atoms with E-state index in [1.54, 1.807) is 6.08 Å². The average molecular weight is 195 g/mol. The van der Waals surface area contributed by atoms with Crippen LogP contribution >= 0.6 is 0 Å². The summed E-state index contributed by atoms with van der Waals surface area (Å²) in [6, 6.07) is 0. The Hall–Kier alpha value is -1.25. The number of carbonyl (C=O) groups is 1. The smallest absolute Gasteiger partial charge is 0.434 e. The second-order valence-electron chi connectivity index (χ2n) is 2.99. The van der Waals surface area contributed by atoms with Crippen LogP contribution in [0.3, 0.4) is 0 Å². The number of carbonyl (C=O) groups excluding carboxylic acids is 1. The van der Waals surface area contributed by atoms with Gasteiger partial charge in [0.15, 0.2) is 0 Å². The van der Waals surface area contributed by atoms with Gasteiger partial charge in [0, 0.05) is 0 Å². The molecule has 3 nitrogen and oxygen atoms in total. The van der Waals surface area contributed by atoms with Gasteiger partial charge in [-0.25, -0.2) is 4.79 Å². The molecule has 0 aromatic carbocycles. The van der Waals surface area contributed by atoms with Crippen molar-refractivity contribution in [3.8, 4) is 0 Å². The van der Waals surface area contributed by atoms with Crippen LogP contribution in [-0.4, -0.2) is 12.8 Å². The van der Waals surface area contributed by atoms with Crippen molar-refractivity contribution >= 4 is 6.16 Å². The van der Waals surface area contributed by atoms with Crippen molar-refractivity contribution in [2.45, 2.75) is 26.2 Å². The van der Waals surface area contributed by atoms with Crippen LogP contribution in [0.4, 0.5) is 4.79 Å². The van der Waals surface area contributed by atoms with E-state index < -0.39 is 6.16 Å². The lowest BCUT2D eigenvalue weighted by molar-refractivity contribution is 0.0782. The molecule has 0 fully saturated rings. The summed E-state index contributed by atoms with van der Waals surface area (Å²) in [5.41, 5.74) is 0. The van der Waals surface area contributed by atoms with E-state index in [-0.39, 0.29) is 0 Å². The fraction of sp³-hybridized carbons (Fsp3) is 0.455. The second kappa shape index (κ2) is 6.24. The molecule has 3 heteroatoms. The first-order valence-corrected chi connectivity index (χ1v) is 4.87. The Kier molecular flexibility index (Phi) is 4.83. The van der Waals surface area contributed by atoms with Gasteiger partial charge in [-0.15, -0.1) is 0 Å². The molecule has 0 bridgehead atoms. The van der Waals surface area contributed by atoms with E-state index in [2.05, 4.69) is 0 Å². The minimum atomic E-state index is -0.615. The van der Waals surface area contributed by atoms with Crippen molar-refractivity contribution < 1.29 is 14.3 Å². The average Bonchev–Trinajstić information content (AvgIpc) is 2.20. The molecule has 0 aromatic heterocycles. The quantitative estimate of drug-likeness (QED) is 0.511. The normalized spacial score (nSPS) is 14.8. The molecule has 1 radical (unpaired) electrons. The predicted octanol–water partition coefficient (Wildman–Crippen LogP) is 2.99. The highest BCUT2D eigenvalue weighted by Crippen LogP contribution is 2.10. The van der Waals surface area contributed by atoms with Gasteiger partial charge in [0.2, 0.25) is 0 Å². The molecule has 0 spiro atoms. The first kappa shape index (κ1) is 10.8. The summed E-state index contributed by atoms with van der Waals surface area (Å²) in [5.74, 6) is 0.564. The van der Waals surface area contributed by atoms with E-state index in [0.717, 1.165) is 19.3 Å². The Bertz CT molecular complexity index is 241. The molecule has 0 amide bonds. The molecule has 1 aliphatic rings. The van der Waals surface area contributed by atoms with Crippen molar-refractivity contribution in [1.29, 1.82) is 0 Å². The van der Waals surface area contributed by atoms with Gasteiger partial charge in [-0.1, -0.05) is 19.4 Å². The molecule has 1 aliphatic carbocycles. The molecule has 0 unspecified atom stereocenters. The molecule has 1 rings (SSSR count). The fourth-order valence-electron chi connectivity index (χ4n) is 0.995. The van der Waals surface area contributed by atoms with E-state index in [1.165, 1.54) is 0 Å². The zero-order valence-corrected chi connectivity index (χ0v) is 8.36. The summed E-state index contributed by atoms with van der Waals surface area (Å²) < 4.78 is 9.77. The molecule has 0 saturated heterocycles. The number of hydrogen-bond acceptors (Lipinski definition) is 3.